The summed E-state index contributed by atoms with van der Waals surface area (Å²) in [6, 6.07) is 5.68. The second-order valence-electron chi connectivity index (χ2n) is 5.02. The van der Waals surface area contributed by atoms with Gasteiger partial charge in [0.1, 0.15) is 11.6 Å². The van der Waals surface area contributed by atoms with E-state index >= 15 is 0 Å². The van der Waals surface area contributed by atoms with Crippen molar-refractivity contribution in [2.45, 2.75) is 6.54 Å². The van der Waals surface area contributed by atoms with Gasteiger partial charge >= 0.3 is 0 Å². The maximum Gasteiger partial charge on any atom is 0.123 e. The summed E-state index contributed by atoms with van der Waals surface area (Å²) in [5, 5.41) is 7.52. The Morgan fingerprint density at radius 1 is 1.32 bits per heavy atom. The van der Waals surface area contributed by atoms with E-state index in [0.29, 0.717) is 0 Å². The lowest BCUT2D eigenvalue weighted by Crippen LogP contribution is -2.43. The molecule has 0 bridgehead atoms. The van der Waals surface area contributed by atoms with Gasteiger partial charge in [-0.05, 0) is 25.2 Å². The number of methoxy groups -OCH3 is 1. The summed E-state index contributed by atoms with van der Waals surface area (Å²) in [4.78, 5) is 4.74. The quantitative estimate of drug-likeness (QED) is 0.620. The minimum absolute atomic E-state index is 0.0993. The maximum absolute atomic E-state index is 7.52. The molecule has 0 unspecified atom stereocenters. The van der Waals surface area contributed by atoms with Gasteiger partial charge in [0.05, 0.1) is 7.11 Å². The van der Waals surface area contributed by atoms with Gasteiger partial charge in [0.25, 0.3) is 0 Å². The highest BCUT2D eigenvalue weighted by Crippen LogP contribution is 2.22. The van der Waals surface area contributed by atoms with E-state index in [0.717, 1.165) is 49.6 Å². The van der Waals surface area contributed by atoms with Crippen LogP contribution in [0, 0.1) is 5.41 Å². The molecule has 2 rings (SSSR count). The smallest absolute Gasteiger partial charge is 0.123 e. The third-order valence-electron chi connectivity index (χ3n) is 3.58. The molecule has 104 valence electrons. The van der Waals surface area contributed by atoms with Crippen molar-refractivity contribution in [1.82, 2.24) is 9.80 Å². The van der Waals surface area contributed by atoms with Crippen LogP contribution in [0.5, 0.6) is 5.75 Å². The lowest BCUT2D eigenvalue weighted by atomic mass is 10.1. The van der Waals surface area contributed by atoms with Crippen LogP contribution in [0.4, 0.5) is 0 Å². The zero-order chi connectivity index (χ0) is 13.8. The highest BCUT2D eigenvalue weighted by atomic mass is 16.5. The average Bonchev–Trinajstić information content (AvgIpc) is 2.41. The van der Waals surface area contributed by atoms with E-state index in [1.807, 2.05) is 18.2 Å². The number of hydrogen-bond acceptors (Lipinski definition) is 4. The second kappa shape index (κ2) is 6.04. The first kappa shape index (κ1) is 13.8. The van der Waals surface area contributed by atoms with Crippen molar-refractivity contribution in [3.63, 3.8) is 0 Å². The highest BCUT2D eigenvalue weighted by molar-refractivity contribution is 5.95. The number of amidine groups is 1. The van der Waals surface area contributed by atoms with Crippen molar-refractivity contribution in [2.75, 3.05) is 40.3 Å². The molecule has 0 saturated carbocycles. The Morgan fingerprint density at radius 3 is 2.58 bits per heavy atom. The van der Waals surface area contributed by atoms with Gasteiger partial charge in [0.15, 0.2) is 0 Å². The van der Waals surface area contributed by atoms with E-state index < -0.39 is 0 Å². The molecule has 1 saturated heterocycles. The van der Waals surface area contributed by atoms with Gasteiger partial charge in [-0.1, -0.05) is 0 Å². The molecule has 19 heavy (non-hydrogen) atoms. The number of hydrogen-bond donors (Lipinski definition) is 2. The Morgan fingerprint density at radius 2 is 2.00 bits per heavy atom. The van der Waals surface area contributed by atoms with Gasteiger partial charge in [-0.3, -0.25) is 10.3 Å². The summed E-state index contributed by atoms with van der Waals surface area (Å²) in [7, 11) is 3.82. The number of piperazine rings is 1. The molecule has 1 aromatic rings. The van der Waals surface area contributed by atoms with Crippen molar-refractivity contribution in [1.29, 1.82) is 5.41 Å². The first-order chi connectivity index (χ1) is 9.10. The third-order valence-corrected chi connectivity index (χ3v) is 3.58. The Bertz CT molecular complexity index is 453. The van der Waals surface area contributed by atoms with Crippen molar-refractivity contribution in [3.8, 4) is 5.75 Å². The summed E-state index contributed by atoms with van der Waals surface area (Å²) in [5.74, 6) is 0.964. The average molecular weight is 262 g/mol. The number of ether oxygens (including phenoxy) is 1. The van der Waals surface area contributed by atoms with Gasteiger partial charge in [-0.25, -0.2) is 0 Å². The molecule has 5 nitrogen and oxygen atoms in total. The fraction of sp³-hybridized carbons (Fsp3) is 0.500. The van der Waals surface area contributed by atoms with Crippen LogP contribution in [0.1, 0.15) is 11.1 Å². The summed E-state index contributed by atoms with van der Waals surface area (Å²) in [5.41, 5.74) is 7.40. The largest absolute Gasteiger partial charge is 0.496 e. The van der Waals surface area contributed by atoms with E-state index in [1.54, 1.807) is 7.11 Å². The lowest BCUT2D eigenvalue weighted by molar-refractivity contribution is 0.147. The minimum Gasteiger partial charge on any atom is -0.496 e. The van der Waals surface area contributed by atoms with Crippen LogP contribution in [-0.2, 0) is 6.54 Å². The first-order valence-electron chi connectivity index (χ1n) is 6.52. The predicted octanol–water partition coefficient (Wildman–Crippen LogP) is 0.727. The molecule has 5 heteroatoms. The molecule has 1 aliphatic rings. The third kappa shape index (κ3) is 3.45. The Labute approximate surface area is 114 Å². The molecular weight excluding hydrogens is 240 g/mol. The van der Waals surface area contributed by atoms with E-state index in [2.05, 4.69) is 16.8 Å². The zero-order valence-corrected chi connectivity index (χ0v) is 11.6. The fourth-order valence-electron chi connectivity index (χ4n) is 2.32. The summed E-state index contributed by atoms with van der Waals surface area (Å²) >= 11 is 0. The Balaban J connectivity index is 2.13. The first-order valence-corrected chi connectivity index (χ1v) is 6.52. The molecular formula is C14H22N4O. The standard InChI is InChI=1S/C14H22N4O/c1-17-5-7-18(8-6-17)10-12-9-11(14(15)16)3-4-13(12)19-2/h3-4,9H,5-8,10H2,1-2H3,(H3,15,16). The molecule has 0 radical (unpaired) electrons. The van der Waals surface area contributed by atoms with Crippen LogP contribution in [-0.4, -0.2) is 56.0 Å². The monoisotopic (exact) mass is 262 g/mol. The minimum atomic E-state index is 0.0993. The van der Waals surface area contributed by atoms with Gasteiger partial charge in [-0.15, -0.1) is 0 Å². The number of nitrogens with two attached hydrogens (primary N) is 1. The molecule has 0 atom stereocenters. The lowest BCUT2D eigenvalue weighted by Gasteiger charge is -2.32. The second-order valence-corrected chi connectivity index (χ2v) is 5.02. The van der Waals surface area contributed by atoms with Gasteiger partial charge < -0.3 is 15.4 Å². The van der Waals surface area contributed by atoms with Crippen molar-refractivity contribution in [2.24, 2.45) is 5.73 Å². The normalized spacial score (nSPS) is 17.4. The number of nitrogens with one attached hydrogen (secondary N) is 1. The predicted molar refractivity (Wildman–Crippen MR) is 76.8 cm³/mol. The SMILES string of the molecule is COc1ccc(C(=N)N)cc1CN1CCN(C)CC1. The van der Waals surface area contributed by atoms with Gasteiger partial charge in [0, 0.05) is 43.9 Å². The number of benzene rings is 1. The molecule has 1 fully saturated rings. The van der Waals surface area contributed by atoms with E-state index in [4.69, 9.17) is 15.9 Å². The molecule has 0 amide bonds. The summed E-state index contributed by atoms with van der Waals surface area (Å²) in [6.07, 6.45) is 0. The molecule has 0 aromatic heterocycles. The number of nitrogens with zero attached hydrogens (tertiary/aromatic N) is 2. The highest BCUT2D eigenvalue weighted by Gasteiger charge is 2.16. The van der Waals surface area contributed by atoms with Crippen LogP contribution >= 0.6 is 0 Å². The fourth-order valence-corrected chi connectivity index (χ4v) is 2.32. The van der Waals surface area contributed by atoms with Crippen molar-refractivity contribution in [3.05, 3.63) is 29.3 Å². The van der Waals surface area contributed by atoms with Crippen molar-refractivity contribution < 1.29 is 4.74 Å². The van der Waals surface area contributed by atoms with E-state index in [9.17, 15) is 0 Å². The molecule has 3 N–H and O–H groups in total. The van der Waals surface area contributed by atoms with Crippen LogP contribution in [0.25, 0.3) is 0 Å². The Hall–Kier alpha value is -1.59. The molecule has 0 spiro atoms. The van der Waals surface area contributed by atoms with E-state index in [1.165, 1.54) is 0 Å². The van der Waals surface area contributed by atoms with Crippen molar-refractivity contribution >= 4 is 5.84 Å². The maximum atomic E-state index is 7.52. The molecule has 0 aliphatic carbocycles. The molecule has 1 heterocycles. The molecule has 1 aliphatic heterocycles. The number of likely N-dealkylation sites (N-methyl/N-ethyl adjacent to an activating group) is 1. The Kier molecular flexibility index (Phi) is 4.39. The number of nitrogen functional groups attached to an aromatic ring is 1. The van der Waals surface area contributed by atoms with E-state index in [-0.39, 0.29) is 5.84 Å². The van der Waals surface area contributed by atoms with Crippen LogP contribution in [0.15, 0.2) is 18.2 Å². The van der Waals surface area contributed by atoms with Gasteiger partial charge in [0.2, 0.25) is 0 Å². The van der Waals surface area contributed by atoms with Crippen LogP contribution in [0.3, 0.4) is 0 Å². The molecule has 1 aromatic carbocycles. The topological polar surface area (TPSA) is 65.6 Å². The number of rotatable bonds is 4. The van der Waals surface area contributed by atoms with Crippen LogP contribution in [0.2, 0.25) is 0 Å². The van der Waals surface area contributed by atoms with Crippen LogP contribution < -0.4 is 10.5 Å². The van der Waals surface area contributed by atoms with Gasteiger partial charge in [-0.2, -0.15) is 0 Å². The summed E-state index contributed by atoms with van der Waals surface area (Å²) < 4.78 is 5.39. The zero-order valence-electron chi connectivity index (χ0n) is 11.6. The summed E-state index contributed by atoms with van der Waals surface area (Å²) in [6.45, 7) is 5.15.